The summed E-state index contributed by atoms with van der Waals surface area (Å²) in [5.41, 5.74) is 0.941. The maximum Gasteiger partial charge on any atom is 0.230 e. The normalized spacial score (nSPS) is 17.6. The number of hydrogen-bond acceptors (Lipinski definition) is 4. The van der Waals surface area contributed by atoms with E-state index < -0.39 is 0 Å². The second kappa shape index (κ2) is 7.79. The Morgan fingerprint density at radius 2 is 2.33 bits per heavy atom. The lowest BCUT2D eigenvalue weighted by Gasteiger charge is -2.20. The third kappa shape index (κ3) is 4.70. The molecule has 0 aliphatic carbocycles. The van der Waals surface area contributed by atoms with Gasteiger partial charge in [0.2, 0.25) is 5.91 Å². The van der Waals surface area contributed by atoms with Crippen LogP contribution in [0.25, 0.3) is 0 Å². The van der Waals surface area contributed by atoms with Crippen LogP contribution >= 0.6 is 35.0 Å². The number of anilines is 1. The van der Waals surface area contributed by atoms with E-state index in [2.05, 4.69) is 10.2 Å². The Labute approximate surface area is 138 Å². The first-order valence-corrected chi connectivity index (χ1v) is 8.45. The number of benzene rings is 1. The number of hydrogen-bond donors (Lipinski definition) is 1. The van der Waals surface area contributed by atoms with Crippen molar-refractivity contribution in [3.05, 3.63) is 28.2 Å². The van der Waals surface area contributed by atoms with E-state index in [1.54, 1.807) is 6.07 Å². The molecule has 21 heavy (non-hydrogen) atoms. The Morgan fingerprint density at radius 3 is 3.05 bits per heavy atom. The van der Waals surface area contributed by atoms with E-state index in [4.69, 9.17) is 28.5 Å². The van der Waals surface area contributed by atoms with E-state index in [9.17, 15) is 4.79 Å². The van der Waals surface area contributed by atoms with Crippen LogP contribution in [0.2, 0.25) is 10.0 Å². The molecular formula is C14H15Cl2N3OS. The van der Waals surface area contributed by atoms with Gasteiger partial charge in [0, 0.05) is 24.2 Å². The van der Waals surface area contributed by atoms with Crippen LogP contribution in [0.5, 0.6) is 0 Å². The van der Waals surface area contributed by atoms with Crippen molar-refractivity contribution < 1.29 is 4.79 Å². The van der Waals surface area contributed by atoms with Crippen molar-refractivity contribution in [2.24, 2.45) is 0 Å². The lowest BCUT2D eigenvalue weighted by Crippen LogP contribution is -2.38. The van der Waals surface area contributed by atoms with Crippen molar-refractivity contribution in [2.45, 2.75) is 12.5 Å². The zero-order valence-corrected chi connectivity index (χ0v) is 13.6. The highest BCUT2D eigenvalue weighted by atomic mass is 35.5. The molecule has 112 valence electrons. The Bertz CT molecular complexity index is 562. The van der Waals surface area contributed by atoms with E-state index in [0.717, 1.165) is 25.2 Å². The molecule has 1 atom stereocenters. The molecule has 1 amide bonds. The summed E-state index contributed by atoms with van der Waals surface area (Å²) in [6, 6.07) is 7.56. The summed E-state index contributed by atoms with van der Waals surface area (Å²) in [7, 11) is 0. The highest BCUT2D eigenvalue weighted by molar-refractivity contribution is 8.00. The molecule has 1 aliphatic heterocycles. The van der Waals surface area contributed by atoms with Gasteiger partial charge in [-0.25, -0.2) is 0 Å². The molecule has 1 heterocycles. The van der Waals surface area contributed by atoms with Gasteiger partial charge in [-0.15, -0.1) is 11.8 Å². The molecule has 0 radical (unpaired) electrons. The number of carbonyl (C=O) groups excluding carboxylic acids is 1. The molecule has 7 heteroatoms. The number of nitriles is 1. The van der Waals surface area contributed by atoms with Gasteiger partial charge in [-0.3, -0.25) is 4.79 Å². The minimum atomic E-state index is -0.0238. The molecule has 1 aromatic rings. The van der Waals surface area contributed by atoms with Crippen molar-refractivity contribution in [2.75, 3.05) is 29.5 Å². The summed E-state index contributed by atoms with van der Waals surface area (Å²) in [6.45, 7) is 1.58. The first-order valence-electron chi connectivity index (χ1n) is 6.54. The number of carbonyl (C=O) groups is 1. The Morgan fingerprint density at radius 1 is 1.52 bits per heavy atom. The summed E-state index contributed by atoms with van der Waals surface area (Å²) in [4.78, 5) is 13.9. The summed E-state index contributed by atoms with van der Waals surface area (Å²) >= 11 is 13.4. The van der Waals surface area contributed by atoms with Crippen molar-refractivity contribution in [3.63, 3.8) is 0 Å². The van der Waals surface area contributed by atoms with Gasteiger partial charge in [0.05, 0.1) is 28.3 Å². The summed E-state index contributed by atoms with van der Waals surface area (Å²) in [5.74, 6) is 0.639. The largest absolute Gasteiger partial charge is 0.368 e. The summed E-state index contributed by atoms with van der Waals surface area (Å²) < 4.78 is 0. The van der Waals surface area contributed by atoms with Gasteiger partial charge in [0.25, 0.3) is 0 Å². The average Bonchev–Trinajstić information content (AvgIpc) is 2.87. The summed E-state index contributed by atoms with van der Waals surface area (Å²) in [6.07, 6.45) is 0.883. The number of thioether (sulfide) groups is 1. The molecule has 1 aliphatic rings. The maximum absolute atomic E-state index is 11.7. The van der Waals surface area contributed by atoms with Crippen LogP contribution in [0.15, 0.2) is 18.2 Å². The van der Waals surface area contributed by atoms with Gasteiger partial charge >= 0.3 is 0 Å². The standard InChI is InChI=1S/C14H15Cl2N3OS/c15-10-1-2-13(12(16)7-10)19-5-3-11(8-19)18-14(20)9-21-6-4-17/h1-2,7,11H,3,5-6,8-9H2,(H,18,20). The number of nitrogens with one attached hydrogen (secondary N) is 1. The van der Waals surface area contributed by atoms with Crippen LogP contribution in [0.3, 0.4) is 0 Å². The first kappa shape index (κ1) is 16.3. The molecule has 1 fully saturated rings. The van der Waals surface area contributed by atoms with Crippen molar-refractivity contribution in [1.82, 2.24) is 5.32 Å². The van der Waals surface area contributed by atoms with Crippen LogP contribution in [0.1, 0.15) is 6.42 Å². The molecule has 2 rings (SSSR count). The third-order valence-electron chi connectivity index (χ3n) is 3.20. The fourth-order valence-electron chi connectivity index (χ4n) is 2.29. The maximum atomic E-state index is 11.7. The van der Waals surface area contributed by atoms with Crippen LogP contribution in [0.4, 0.5) is 5.69 Å². The fraction of sp³-hybridized carbons (Fsp3) is 0.429. The second-order valence-electron chi connectivity index (χ2n) is 4.75. The van der Waals surface area contributed by atoms with E-state index in [-0.39, 0.29) is 11.9 Å². The number of halogens is 2. The van der Waals surface area contributed by atoms with Gasteiger partial charge in [-0.05, 0) is 24.6 Å². The Hall–Kier alpha value is -1.09. The second-order valence-corrected chi connectivity index (χ2v) is 6.58. The van der Waals surface area contributed by atoms with Gasteiger partial charge < -0.3 is 10.2 Å². The van der Waals surface area contributed by atoms with Gasteiger partial charge in [-0.1, -0.05) is 23.2 Å². The number of amides is 1. The quantitative estimate of drug-likeness (QED) is 0.835. The third-order valence-corrected chi connectivity index (χ3v) is 4.54. The molecule has 1 saturated heterocycles. The highest BCUT2D eigenvalue weighted by Crippen LogP contribution is 2.31. The zero-order valence-electron chi connectivity index (χ0n) is 11.3. The van der Waals surface area contributed by atoms with Crippen LogP contribution in [-0.2, 0) is 4.79 Å². The predicted octanol–water partition coefficient (Wildman–Crippen LogP) is 2.95. The minimum absolute atomic E-state index is 0.0238. The molecule has 0 aromatic heterocycles. The molecule has 0 spiro atoms. The number of rotatable bonds is 5. The predicted molar refractivity (Wildman–Crippen MR) is 88.2 cm³/mol. The molecule has 1 unspecified atom stereocenters. The van der Waals surface area contributed by atoms with Crippen LogP contribution < -0.4 is 10.2 Å². The van der Waals surface area contributed by atoms with Crippen molar-refractivity contribution in [3.8, 4) is 6.07 Å². The zero-order chi connectivity index (χ0) is 15.2. The molecule has 0 bridgehead atoms. The van der Waals surface area contributed by atoms with Gasteiger partial charge in [0.1, 0.15) is 0 Å². The lowest BCUT2D eigenvalue weighted by atomic mass is 10.2. The molecular weight excluding hydrogens is 329 g/mol. The monoisotopic (exact) mass is 343 g/mol. The van der Waals surface area contributed by atoms with E-state index >= 15 is 0 Å². The van der Waals surface area contributed by atoms with Crippen LogP contribution in [0, 0.1) is 11.3 Å². The molecule has 0 saturated carbocycles. The Balaban J connectivity index is 1.86. The Kier molecular flexibility index (Phi) is 6.04. The highest BCUT2D eigenvalue weighted by Gasteiger charge is 2.25. The smallest absolute Gasteiger partial charge is 0.230 e. The summed E-state index contributed by atoms with van der Waals surface area (Å²) in [5, 5.41) is 12.7. The van der Waals surface area contributed by atoms with Crippen molar-refractivity contribution in [1.29, 1.82) is 5.26 Å². The van der Waals surface area contributed by atoms with E-state index in [1.807, 2.05) is 18.2 Å². The van der Waals surface area contributed by atoms with Crippen molar-refractivity contribution >= 4 is 46.6 Å². The SMILES string of the molecule is N#CCSCC(=O)NC1CCN(c2ccc(Cl)cc2Cl)C1. The van der Waals surface area contributed by atoms with Gasteiger partial charge in [0.15, 0.2) is 0 Å². The molecule has 1 N–H and O–H groups in total. The topological polar surface area (TPSA) is 56.1 Å². The van der Waals surface area contributed by atoms with E-state index in [0.29, 0.717) is 21.6 Å². The van der Waals surface area contributed by atoms with Gasteiger partial charge in [-0.2, -0.15) is 5.26 Å². The number of nitrogens with zero attached hydrogens (tertiary/aromatic N) is 2. The fourth-order valence-corrected chi connectivity index (χ4v) is 3.28. The van der Waals surface area contributed by atoms with Crippen LogP contribution in [-0.4, -0.2) is 36.5 Å². The first-order chi connectivity index (χ1) is 10.1. The average molecular weight is 344 g/mol. The lowest BCUT2D eigenvalue weighted by molar-refractivity contribution is -0.119. The molecule has 1 aromatic carbocycles. The van der Waals surface area contributed by atoms with E-state index in [1.165, 1.54) is 11.8 Å². The minimum Gasteiger partial charge on any atom is -0.368 e. The molecule has 4 nitrogen and oxygen atoms in total.